The van der Waals surface area contributed by atoms with Gasteiger partial charge in [0, 0.05) is 10.7 Å². The Bertz CT molecular complexity index is 453. The predicted octanol–water partition coefficient (Wildman–Crippen LogP) is 3.28. The molecule has 0 radical (unpaired) electrons. The molecule has 0 saturated carbocycles. The Hall–Kier alpha value is -1.22. The van der Waals surface area contributed by atoms with E-state index in [0.717, 1.165) is 23.7 Å². The molecule has 2 rings (SSSR count). The van der Waals surface area contributed by atoms with E-state index in [0.29, 0.717) is 11.9 Å². The van der Waals surface area contributed by atoms with E-state index in [4.69, 9.17) is 17.3 Å². The number of hydrogen-bond acceptors (Lipinski definition) is 3. The van der Waals surface area contributed by atoms with Crippen molar-refractivity contribution < 1.29 is 0 Å². The zero-order valence-corrected chi connectivity index (χ0v) is 11.9. The van der Waals surface area contributed by atoms with E-state index in [2.05, 4.69) is 30.7 Å². The van der Waals surface area contributed by atoms with E-state index in [-0.39, 0.29) is 5.54 Å². The van der Waals surface area contributed by atoms with Crippen molar-refractivity contribution >= 4 is 23.2 Å². The minimum absolute atomic E-state index is 0.0356. The molecule has 4 heteroatoms. The molecule has 0 bridgehead atoms. The molecule has 1 atom stereocenters. The second kappa shape index (κ2) is 4.81. The van der Waals surface area contributed by atoms with Gasteiger partial charge in [-0.2, -0.15) is 0 Å². The zero-order valence-electron chi connectivity index (χ0n) is 11.2. The molecule has 1 aliphatic rings. The van der Waals surface area contributed by atoms with Gasteiger partial charge in [-0.25, -0.2) is 0 Å². The Morgan fingerprint density at radius 2 is 2.00 bits per heavy atom. The highest BCUT2D eigenvalue weighted by atomic mass is 35.5. The number of nitrogens with zero attached hydrogens (tertiary/aromatic N) is 2. The summed E-state index contributed by atoms with van der Waals surface area (Å²) in [4.78, 5) is 6.54. The number of nitrogens with two attached hydrogens (primary N) is 1. The zero-order chi connectivity index (χ0) is 13.3. The third-order valence-corrected chi connectivity index (χ3v) is 3.54. The number of anilines is 1. The van der Waals surface area contributed by atoms with E-state index >= 15 is 0 Å². The molecule has 0 aliphatic carbocycles. The van der Waals surface area contributed by atoms with Crippen LogP contribution in [0.25, 0.3) is 0 Å². The van der Waals surface area contributed by atoms with Gasteiger partial charge in [-0.3, -0.25) is 4.99 Å². The quantitative estimate of drug-likeness (QED) is 0.911. The van der Waals surface area contributed by atoms with Crippen molar-refractivity contribution in [3.63, 3.8) is 0 Å². The van der Waals surface area contributed by atoms with Gasteiger partial charge in [0.15, 0.2) is 5.96 Å². The Morgan fingerprint density at radius 1 is 1.39 bits per heavy atom. The maximum atomic E-state index is 6.04. The molecule has 1 heterocycles. The highest BCUT2D eigenvalue weighted by molar-refractivity contribution is 6.30. The number of rotatable bonds is 3. The molecule has 3 nitrogen and oxygen atoms in total. The molecule has 1 aliphatic heterocycles. The lowest BCUT2D eigenvalue weighted by molar-refractivity contribution is 0.392. The van der Waals surface area contributed by atoms with E-state index in [1.165, 1.54) is 0 Å². The van der Waals surface area contributed by atoms with Crippen LogP contribution in [-0.4, -0.2) is 18.0 Å². The number of benzene rings is 1. The molecule has 2 N–H and O–H groups in total. The van der Waals surface area contributed by atoms with E-state index in [9.17, 15) is 0 Å². The molecule has 0 aromatic heterocycles. The summed E-state index contributed by atoms with van der Waals surface area (Å²) in [7, 11) is 0. The summed E-state index contributed by atoms with van der Waals surface area (Å²) in [5.74, 6) is 1.20. The molecule has 0 fully saturated rings. The highest BCUT2D eigenvalue weighted by Gasteiger charge is 2.39. The van der Waals surface area contributed by atoms with E-state index < -0.39 is 0 Å². The van der Waals surface area contributed by atoms with Crippen LogP contribution < -0.4 is 10.6 Å². The third-order valence-electron chi connectivity index (χ3n) is 3.28. The normalized spacial score (nSPS) is 23.6. The first kappa shape index (κ1) is 13.2. The van der Waals surface area contributed by atoms with Crippen molar-refractivity contribution in [3.8, 4) is 0 Å². The Balaban J connectivity index is 2.32. The first-order valence-electron chi connectivity index (χ1n) is 6.28. The van der Waals surface area contributed by atoms with Crippen molar-refractivity contribution in [2.75, 3.05) is 11.4 Å². The van der Waals surface area contributed by atoms with Crippen molar-refractivity contribution in [2.24, 2.45) is 16.6 Å². The second-order valence-electron chi connectivity index (χ2n) is 5.58. The summed E-state index contributed by atoms with van der Waals surface area (Å²) in [5, 5.41) is 0.735. The van der Waals surface area contributed by atoms with Crippen LogP contribution in [0.15, 0.2) is 29.3 Å². The number of hydrogen-bond donors (Lipinski definition) is 1. The van der Waals surface area contributed by atoms with Crippen molar-refractivity contribution in [1.82, 2.24) is 0 Å². The molecular weight excluding hydrogens is 246 g/mol. The van der Waals surface area contributed by atoms with Crippen LogP contribution in [0.2, 0.25) is 5.02 Å². The summed E-state index contributed by atoms with van der Waals surface area (Å²) < 4.78 is 0. The third kappa shape index (κ3) is 2.46. The molecule has 0 saturated heterocycles. The van der Waals surface area contributed by atoms with Gasteiger partial charge in [0.25, 0.3) is 0 Å². The van der Waals surface area contributed by atoms with E-state index in [1.54, 1.807) is 0 Å². The topological polar surface area (TPSA) is 41.6 Å². The second-order valence-corrected chi connectivity index (χ2v) is 6.02. The molecular formula is C14H20ClN3. The van der Waals surface area contributed by atoms with Gasteiger partial charge < -0.3 is 10.6 Å². The Labute approximate surface area is 114 Å². The van der Waals surface area contributed by atoms with Crippen LogP contribution >= 0.6 is 11.6 Å². The van der Waals surface area contributed by atoms with Crippen LogP contribution in [0.5, 0.6) is 0 Å². The molecule has 18 heavy (non-hydrogen) atoms. The summed E-state index contributed by atoms with van der Waals surface area (Å²) in [6.07, 6.45) is 1.06. The SMILES string of the molecule is CC(C)CC1(C)CN=C(N)N1c1ccc(Cl)cc1. The predicted molar refractivity (Wildman–Crippen MR) is 78.3 cm³/mol. The van der Waals surface area contributed by atoms with E-state index in [1.807, 2.05) is 24.3 Å². The van der Waals surface area contributed by atoms with Crippen LogP contribution in [0.1, 0.15) is 27.2 Å². The Morgan fingerprint density at radius 3 is 2.56 bits per heavy atom. The minimum Gasteiger partial charge on any atom is -0.369 e. The van der Waals surface area contributed by atoms with Crippen LogP contribution in [0, 0.1) is 5.92 Å². The molecule has 0 spiro atoms. The summed E-state index contributed by atoms with van der Waals surface area (Å²) in [6, 6.07) is 7.76. The minimum atomic E-state index is -0.0356. The van der Waals surface area contributed by atoms with Gasteiger partial charge in [0.05, 0.1) is 12.1 Å². The first-order valence-corrected chi connectivity index (χ1v) is 6.66. The summed E-state index contributed by atoms with van der Waals surface area (Å²) >= 11 is 5.93. The van der Waals surface area contributed by atoms with Gasteiger partial charge in [0.2, 0.25) is 0 Å². The van der Waals surface area contributed by atoms with Crippen LogP contribution in [0.3, 0.4) is 0 Å². The van der Waals surface area contributed by atoms with Crippen LogP contribution in [0.4, 0.5) is 5.69 Å². The lowest BCUT2D eigenvalue weighted by Crippen LogP contribution is -2.50. The number of guanidine groups is 1. The fraction of sp³-hybridized carbons (Fsp3) is 0.500. The smallest absolute Gasteiger partial charge is 0.196 e. The van der Waals surface area contributed by atoms with Gasteiger partial charge in [-0.05, 0) is 43.5 Å². The first-order chi connectivity index (χ1) is 8.42. The largest absolute Gasteiger partial charge is 0.369 e. The Kier molecular flexibility index (Phi) is 3.53. The maximum absolute atomic E-state index is 6.04. The van der Waals surface area contributed by atoms with Crippen LogP contribution in [-0.2, 0) is 0 Å². The lowest BCUT2D eigenvalue weighted by Gasteiger charge is -2.37. The molecule has 0 amide bonds. The number of halogens is 1. The fourth-order valence-electron chi connectivity index (χ4n) is 2.74. The van der Waals surface area contributed by atoms with Crippen molar-refractivity contribution in [3.05, 3.63) is 29.3 Å². The number of aliphatic imine (C=N–C) groups is 1. The van der Waals surface area contributed by atoms with Crippen molar-refractivity contribution in [2.45, 2.75) is 32.7 Å². The molecule has 1 aromatic rings. The van der Waals surface area contributed by atoms with Gasteiger partial charge in [-0.1, -0.05) is 25.4 Å². The molecule has 98 valence electrons. The lowest BCUT2D eigenvalue weighted by atomic mass is 9.89. The van der Waals surface area contributed by atoms with Crippen molar-refractivity contribution in [1.29, 1.82) is 0 Å². The monoisotopic (exact) mass is 265 g/mol. The van der Waals surface area contributed by atoms with Gasteiger partial charge in [0.1, 0.15) is 0 Å². The maximum Gasteiger partial charge on any atom is 0.196 e. The van der Waals surface area contributed by atoms with Gasteiger partial charge >= 0.3 is 0 Å². The standard InChI is InChI=1S/C14H20ClN3/c1-10(2)8-14(3)9-17-13(16)18(14)12-6-4-11(15)5-7-12/h4-7,10H,8-9H2,1-3H3,(H2,16,17). The molecule has 1 unspecified atom stereocenters. The summed E-state index contributed by atoms with van der Waals surface area (Å²) in [5.41, 5.74) is 7.06. The molecule has 1 aromatic carbocycles. The average molecular weight is 266 g/mol. The fourth-order valence-corrected chi connectivity index (χ4v) is 2.86. The highest BCUT2D eigenvalue weighted by Crippen LogP contribution is 2.33. The average Bonchev–Trinajstić information content (AvgIpc) is 2.55. The summed E-state index contributed by atoms with van der Waals surface area (Å²) in [6.45, 7) is 7.41. The van der Waals surface area contributed by atoms with Gasteiger partial charge in [-0.15, -0.1) is 0 Å².